The van der Waals surface area contributed by atoms with Gasteiger partial charge in [0.15, 0.2) is 5.78 Å². The minimum absolute atomic E-state index is 0.0467. The van der Waals surface area contributed by atoms with Crippen molar-refractivity contribution in [3.8, 4) is 0 Å². The van der Waals surface area contributed by atoms with Gasteiger partial charge in [-0.05, 0) is 68.1 Å². The van der Waals surface area contributed by atoms with Gasteiger partial charge in [0.2, 0.25) is 0 Å². The average Bonchev–Trinajstić information content (AvgIpc) is 3.69. The number of ether oxygens (including phenoxy) is 1. The summed E-state index contributed by atoms with van der Waals surface area (Å²) in [4.78, 5) is 24.9. The minimum Gasteiger partial charge on any atom is -0.500 e. The lowest BCUT2D eigenvalue weighted by molar-refractivity contribution is -0.116. The molecule has 4 aliphatic carbocycles. The van der Waals surface area contributed by atoms with Crippen molar-refractivity contribution in [3.63, 3.8) is 0 Å². The van der Waals surface area contributed by atoms with Gasteiger partial charge in [0, 0.05) is 17.3 Å². The van der Waals surface area contributed by atoms with E-state index in [4.69, 9.17) is 4.74 Å². The number of carbonyl (C=O) groups excluding carboxylic acids is 2. The molecule has 0 N–H and O–H groups in total. The van der Waals surface area contributed by atoms with Gasteiger partial charge in [0.1, 0.15) is 12.0 Å². The lowest BCUT2D eigenvalue weighted by atomic mass is 9.70. The summed E-state index contributed by atoms with van der Waals surface area (Å²) in [6, 6.07) is 0. The molecule has 0 aliphatic heterocycles. The zero-order valence-electron chi connectivity index (χ0n) is 20.5. The molecule has 4 rings (SSSR count). The molecule has 0 aromatic carbocycles. The molecular formula is C30H38O3. The molecule has 0 bridgehead atoms. The van der Waals surface area contributed by atoms with E-state index in [1.165, 1.54) is 16.7 Å². The van der Waals surface area contributed by atoms with Gasteiger partial charge in [-0.15, -0.1) is 0 Å². The number of aldehydes is 1. The number of hydrogen-bond acceptors (Lipinski definition) is 3. The topological polar surface area (TPSA) is 43.4 Å². The second kappa shape index (κ2) is 8.74. The third-order valence-corrected chi connectivity index (χ3v) is 8.63. The highest BCUT2D eigenvalue weighted by Crippen LogP contribution is 2.74. The predicted molar refractivity (Wildman–Crippen MR) is 133 cm³/mol. The molecule has 0 spiro atoms. The van der Waals surface area contributed by atoms with Crippen molar-refractivity contribution in [1.82, 2.24) is 0 Å². The Morgan fingerprint density at radius 1 is 1.24 bits per heavy atom. The molecule has 3 saturated carbocycles. The molecule has 4 aliphatic rings. The van der Waals surface area contributed by atoms with E-state index < -0.39 is 5.41 Å². The van der Waals surface area contributed by atoms with Crippen molar-refractivity contribution in [2.75, 3.05) is 7.11 Å². The first-order valence-electron chi connectivity index (χ1n) is 12.5. The van der Waals surface area contributed by atoms with Gasteiger partial charge >= 0.3 is 0 Å². The van der Waals surface area contributed by atoms with E-state index in [-0.39, 0.29) is 16.6 Å². The largest absolute Gasteiger partial charge is 0.500 e. The van der Waals surface area contributed by atoms with E-state index >= 15 is 0 Å². The molecule has 0 aromatic rings. The summed E-state index contributed by atoms with van der Waals surface area (Å²) in [5, 5.41) is 0. The average molecular weight is 447 g/mol. The summed E-state index contributed by atoms with van der Waals surface area (Å²) in [7, 11) is 1.67. The van der Waals surface area contributed by atoms with E-state index in [2.05, 4.69) is 45.2 Å². The van der Waals surface area contributed by atoms with E-state index in [1.807, 2.05) is 6.08 Å². The summed E-state index contributed by atoms with van der Waals surface area (Å²) in [5.74, 6) is 1.58. The molecule has 3 heteroatoms. The Kier molecular flexibility index (Phi) is 6.28. The van der Waals surface area contributed by atoms with Crippen LogP contribution in [-0.2, 0) is 14.3 Å². The molecular weight excluding hydrogens is 408 g/mol. The van der Waals surface area contributed by atoms with Crippen molar-refractivity contribution in [2.24, 2.45) is 22.2 Å². The highest BCUT2D eigenvalue weighted by atomic mass is 16.5. The quantitative estimate of drug-likeness (QED) is 0.113. The fourth-order valence-electron chi connectivity index (χ4n) is 6.25. The Morgan fingerprint density at radius 2 is 1.97 bits per heavy atom. The van der Waals surface area contributed by atoms with Gasteiger partial charge in [-0.1, -0.05) is 68.9 Å². The van der Waals surface area contributed by atoms with Crippen LogP contribution >= 0.6 is 0 Å². The van der Waals surface area contributed by atoms with Crippen molar-refractivity contribution in [3.05, 3.63) is 71.6 Å². The molecule has 1 unspecified atom stereocenters. The summed E-state index contributed by atoms with van der Waals surface area (Å²) in [6.07, 6.45) is 19.5. The monoisotopic (exact) mass is 446 g/mol. The summed E-state index contributed by atoms with van der Waals surface area (Å²) >= 11 is 0. The second-order valence-corrected chi connectivity index (χ2v) is 10.7. The van der Waals surface area contributed by atoms with Crippen LogP contribution in [0.15, 0.2) is 71.6 Å². The van der Waals surface area contributed by atoms with E-state index in [0.717, 1.165) is 69.0 Å². The maximum absolute atomic E-state index is 13.3. The van der Waals surface area contributed by atoms with Crippen LogP contribution in [0.1, 0.15) is 71.6 Å². The van der Waals surface area contributed by atoms with Crippen LogP contribution in [0.3, 0.4) is 0 Å². The number of hydrogen-bond donors (Lipinski definition) is 0. The molecule has 0 aromatic heterocycles. The molecule has 2 atom stereocenters. The van der Waals surface area contributed by atoms with Gasteiger partial charge in [-0.2, -0.15) is 0 Å². The molecule has 176 valence electrons. The molecule has 0 saturated heterocycles. The summed E-state index contributed by atoms with van der Waals surface area (Å²) in [6.45, 7) is 12.5. The molecule has 3 fully saturated rings. The van der Waals surface area contributed by atoms with Gasteiger partial charge in [-0.25, -0.2) is 0 Å². The Hall–Kier alpha value is -2.42. The van der Waals surface area contributed by atoms with Crippen molar-refractivity contribution in [2.45, 2.75) is 71.6 Å². The van der Waals surface area contributed by atoms with E-state index in [1.54, 1.807) is 13.2 Å². The van der Waals surface area contributed by atoms with Crippen LogP contribution in [0.5, 0.6) is 0 Å². The maximum atomic E-state index is 13.3. The number of allylic oxidation sites excluding steroid dienone is 10. The normalized spacial score (nSPS) is 31.0. The Balaban J connectivity index is 1.51. The van der Waals surface area contributed by atoms with Gasteiger partial charge < -0.3 is 9.53 Å². The lowest BCUT2D eigenvalue weighted by Crippen LogP contribution is -2.29. The van der Waals surface area contributed by atoms with Gasteiger partial charge in [-0.3, -0.25) is 4.79 Å². The van der Waals surface area contributed by atoms with E-state index in [0.29, 0.717) is 12.3 Å². The number of methoxy groups -OCH3 is 1. The fraction of sp³-hybridized carbons (Fsp3) is 0.533. The van der Waals surface area contributed by atoms with Gasteiger partial charge in [0.25, 0.3) is 0 Å². The van der Waals surface area contributed by atoms with Crippen LogP contribution < -0.4 is 0 Å². The molecule has 3 nitrogen and oxygen atoms in total. The zero-order chi connectivity index (χ0) is 23.9. The summed E-state index contributed by atoms with van der Waals surface area (Å²) < 4.78 is 5.70. The molecule has 0 amide bonds. The smallest absolute Gasteiger partial charge is 0.156 e. The number of rotatable bonds is 11. The number of ketones is 1. The third kappa shape index (κ3) is 4.16. The van der Waals surface area contributed by atoms with Crippen LogP contribution in [0, 0.1) is 22.2 Å². The zero-order valence-corrected chi connectivity index (χ0v) is 20.5. The van der Waals surface area contributed by atoms with Crippen LogP contribution in [0.4, 0.5) is 0 Å². The van der Waals surface area contributed by atoms with Crippen LogP contribution in [-0.4, -0.2) is 19.2 Å². The lowest BCUT2D eigenvalue weighted by Gasteiger charge is -2.32. The second-order valence-electron chi connectivity index (χ2n) is 10.7. The number of carbonyl (C=O) groups is 2. The van der Waals surface area contributed by atoms with Crippen LogP contribution in [0.25, 0.3) is 0 Å². The summed E-state index contributed by atoms with van der Waals surface area (Å²) in [5.41, 5.74) is 4.25. The Bertz CT molecular complexity index is 992. The SMILES string of the molecule is C=CC(=C)/C=C1/CC1([C@@H](C)CC)C1(CC(=O)/C=C2\CCC/C(=C(/OC)C3(C=O)CC3)C2)C=C1. The predicted octanol–water partition coefficient (Wildman–Crippen LogP) is 6.99. The van der Waals surface area contributed by atoms with Crippen molar-refractivity contribution in [1.29, 1.82) is 0 Å². The molecule has 0 heterocycles. The molecule has 33 heavy (non-hydrogen) atoms. The minimum atomic E-state index is -0.397. The van der Waals surface area contributed by atoms with Crippen molar-refractivity contribution >= 4 is 12.1 Å². The first kappa shape index (κ1) is 23.7. The standard InChI is InChI=1S/C30H38O3/c1-6-21(3)15-25-18-30(25,22(4)7-2)29(13-14-29)19-26(32)17-23-9-8-10-24(16-23)27(33-5)28(20-31)11-12-28/h6,13-15,17,20,22H,1,3,7-12,16,18-19H2,2,4-5H3/b23-17+,25-15-,27-24-/t22-,30?/m0/s1. The fourth-order valence-corrected chi connectivity index (χ4v) is 6.25. The Labute approximate surface area is 199 Å². The van der Waals surface area contributed by atoms with Gasteiger partial charge in [0.05, 0.1) is 12.5 Å². The maximum Gasteiger partial charge on any atom is 0.156 e. The van der Waals surface area contributed by atoms with E-state index in [9.17, 15) is 9.59 Å². The highest BCUT2D eigenvalue weighted by Gasteiger charge is 2.66. The highest BCUT2D eigenvalue weighted by molar-refractivity contribution is 5.92. The van der Waals surface area contributed by atoms with Crippen LogP contribution in [0.2, 0.25) is 0 Å². The third-order valence-electron chi connectivity index (χ3n) is 8.63. The first-order chi connectivity index (χ1) is 15.8. The molecule has 0 radical (unpaired) electrons. The van der Waals surface area contributed by atoms with Crippen molar-refractivity contribution < 1.29 is 14.3 Å². The Morgan fingerprint density at radius 3 is 2.52 bits per heavy atom. The first-order valence-corrected chi connectivity index (χ1v) is 12.5.